The molecule has 2 aromatic rings. The van der Waals surface area contributed by atoms with Gasteiger partial charge in [-0.25, -0.2) is 9.78 Å². The maximum atomic E-state index is 13.0. The molecule has 0 saturated carbocycles. The third kappa shape index (κ3) is 2.69. The molecule has 1 fully saturated rings. The van der Waals surface area contributed by atoms with Crippen LogP contribution in [-0.2, 0) is 11.2 Å². The van der Waals surface area contributed by atoms with Gasteiger partial charge in [0.15, 0.2) is 0 Å². The zero-order valence-corrected chi connectivity index (χ0v) is 13.5. The lowest BCUT2D eigenvalue weighted by molar-refractivity contribution is -0.141. The van der Waals surface area contributed by atoms with Crippen molar-refractivity contribution in [2.75, 3.05) is 6.54 Å². The van der Waals surface area contributed by atoms with Gasteiger partial charge in [-0.05, 0) is 37.8 Å². The van der Waals surface area contributed by atoms with Gasteiger partial charge in [0.05, 0.1) is 5.69 Å². The number of carbonyl (C=O) groups is 2. The van der Waals surface area contributed by atoms with E-state index < -0.39 is 12.0 Å². The first-order valence-corrected chi connectivity index (χ1v) is 8.04. The molecule has 122 valence electrons. The number of rotatable bonds is 4. The smallest absolute Gasteiger partial charge is 0.326 e. The normalized spacial score (nSPS) is 17.8. The van der Waals surface area contributed by atoms with Crippen LogP contribution in [0.4, 0.5) is 0 Å². The Kier molecular flexibility index (Phi) is 4.07. The number of fused-ring (bicyclic) bond motifs is 1. The Labute approximate surface area is 134 Å². The molecule has 0 aliphatic carbocycles. The van der Waals surface area contributed by atoms with Crippen molar-refractivity contribution in [3.05, 3.63) is 35.3 Å². The molecule has 3 heterocycles. The van der Waals surface area contributed by atoms with Crippen molar-refractivity contribution in [3.63, 3.8) is 0 Å². The van der Waals surface area contributed by atoms with Crippen LogP contribution < -0.4 is 0 Å². The maximum Gasteiger partial charge on any atom is 0.326 e. The highest BCUT2D eigenvalue weighted by molar-refractivity contribution is 5.97. The molecule has 6 heteroatoms. The minimum absolute atomic E-state index is 0.226. The van der Waals surface area contributed by atoms with Crippen LogP contribution >= 0.6 is 0 Å². The quantitative estimate of drug-likeness (QED) is 0.939. The number of imidazole rings is 1. The number of amides is 1. The number of hydrogen-bond donors (Lipinski definition) is 1. The van der Waals surface area contributed by atoms with E-state index in [0.717, 1.165) is 29.7 Å². The summed E-state index contributed by atoms with van der Waals surface area (Å²) in [5.74, 6) is -1.16. The second-order valence-corrected chi connectivity index (χ2v) is 6.09. The molecule has 2 aromatic heterocycles. The van der Waals surface area contributed by atoms with Gasteiger partial charge in [0.25, 0.3) is 5.91 Å². The maximum absolute atomic E-state index is 13.0. The zero-order valence-electron chi connectivity index (χ0n) is 13.5. The monoisotopic (exact) mass is 315 g/mol. The van der Waals surface area contributed by atoms with Gasteiger partial charge in [0.2, 0.25) is 0 Å². The molecule has 1 amide bonds. The van der Waals surface area contributed by atoms with Gasteiger partial charge in [0.1, 0.15) is 17.4 Å². The summed E-state index contributed by atoms with van der Waals surface area (Å²) < 4.78 is 1.81. The topological polar surface area (TPSA) is 74.9 Å². The van der Waals surface area contributed by atoms with Crippen LogP contribution in [0.1, 0.15) is 47.9 Å². The van der Waals surface area contributed by atoms with Crippen LogP contribution in [0.5, 0.6) is 0 Å². The minimum Gasteiger partial charge on any atom is -0.480 e. The Morgan fingerprint density at radius 2 is 2.17 bits per heavy atom. The third-order valence-electron chi connectivity index (χ3n) is 4.33. The third-order valence-corrected chi connectivity index (χ3v) is 4.33. The number of likely N-dealkylation sites (tertiary alicyclic amines) is 1. The number of pyridine rings is 1. The van der Waals surface area contributed by atoms with Gasteiger partial charge in [0, 0.05) is 12.7 Å². The van der Waals surface area contributed by atoms with Gasteiger partial charge < -0.3 is 10.0 Å². The average molecular weight is 315 g/mol. The summed E-state index contributed by atoms with van der Waals surface area (Å²) in [6.07, 6.45) is 4.71. The van der Waals surface area contributed by atoms with E-state index in [1.807, 2.05) is 32.2 Å². The fourth-order valence-corrected chi connectivity index (χ4v) is 3.24. The SMILES string of the molecule is CCCc1nc2ccc(C)cn2c1C(=O)N1CCCC1C(=O)O. The van der Waals surface area contributed by atoms with E-state index in [0.29, 0.717) is 25.1 Å². The molecule has 1 aliphatic heterocycles. The average Bonchev–Trinajstić information content (AvgIpc) is 3.11. The van der Waals surface area contributed by atoms with Gasteiger partial charge in [-0.2, -0.15) is 0 Å². The van der Waals surface area contributed by atoms with Crippen molar-refractivity contribution >= 4 is 17.5 Å². The molecule has 1 saturated heterocycles. The number of hydrogen-bond acceptors (Lipinski definition) is 3. The van der Waals surface area contributed by atoms with Crippen LogP contribution in [0.3, 0.4) is 0 Å². The number of nitrogens with zero attached hydrogens (tertiary/aromatic N) is 3. The summed E-state index contributed by atoms with van der Waals surface area (Å²) in [5, 5.41) is 9.34. The fraction of sp³-hybridized carbons (Fsp3) is 0.471. The standard InChI is InChI=1S/C17H21N3O3/c1-3-5-12-15(20-10-11(2)7-8-14(20)18-12)16(21)19-9-4-6-13(19)17(22)23/h7-8,10,13H,3-6,9H2,1-2H3,(H,22,23). The van der Waals surface area contributed by atoms with Gasteiger partial charge >= 0.3 is 5.97 Å². The van der Waals surface area contributed by atoms with E-state index in [1.165, 1.54) is 4.90 Å². The highest BCUT2D eigenvalue weighted by Crippen LogP contribution is 2.24. The first-order chi connectivity index (χ1) is 11.0. The summed E-state index contributed by atoms with van der Waals surface area (Å²) >= 11 is 0. The van der Waals surface area contributed by atoms with Gasteiger partial charge in [-0.1, -0.05) is 19.4 Å². The zero-order chi connectivity index (χ0) is 16.6. The summed E-state index contributed by atoms with van der Waals surface area (Å²) in [6.45, 7) is 4.49. The molecule has 3 rings (SSSR count). The van der Waals surface area contributed by atoms with Crippen LogP contribution in [-0.4, -0.2) is 43.9 Å². The molecule has 0 aromatic carbocycles. The Morgan fingerprint density at radius 3 is 2.87 bits per heavy atom. The first-order valence-electron chi connectivity index (χ1n) is 8.04. The molecular weight excluding hydrogens is 294 g/mol. The van der Waals surface area contributed by atoms with Crippen molar-refractivity contribution in [2.45, 2.75) is 45.6 Å². The van der Waals surface area contributed by atoms with Gasteiger partial charge in [-0.15, -0.1) is 0 Å². The molecule has 0 spiro atoms. The van der Waals surface area contributed by atoms with Crippen molar-refractivity contribution < 1.29 is 14.7 Å². The van der Waals surface area contributed by atoms with Crippen molar-refractivity contribution in [3.8, 4) is 0 Å². The second kappa shape index (κ2) is 6.02. The summed E-state index contributed by atoms with van der Waals surface area (Å²) in [7, 11) is 0. The van der Waals surface area contributed by atoms with Crippen LogP contribution in [0.25, 0.3) is 5.65 Å². The molecule has 1 aliphatic rings. The lowest BCUT2D eigenvalue weighted by Gasteiger charge is -2.21. The molecule has 0 bridgehead atoms. The van der Waals surface area contributed by atoms with Crippen LogP contribution in [0, 0.1) is 6.92 Å². The summed E-state index contributed by atoms with van der Waals surface area (Å²) in [4.78, 5) is 30.5. The van der Waals surface area contributed by atoms with Gasteiger partial charge in [-0.3, -0.25) is 9.20 Å². The fourth-order valence-electron chi connectivity index (χ4n) is 3.24. The largest absolute Gasteiger partial charge is 0.480 e. The van der Waals surface area contributed by atoms with Crippen molar-refractivity contribution in [1.29, 1.82) is 0 Å². The van der Waals surface area contributed by atoms with E-state index in [9.17, 15) is 14.7 Å². The molecule has 1 N–H and O–H groups in total. The number of aromatic nitrogens is 2. The molecule has 1 unspecified atom stereocenters. The predicted octanol–water partition coefficient (Wildman–Crippen LogP) is 2.28. The lowest BCUT2D eigenvalue weighted by Crippen LogP contribution is -2.41. The molecular formula is C17H21N3O3. The van der Waals surface area contributed by atoms with Crippen molar-refractivity contribution in [1.82, 2.24) is 14.3 Å². The van der Waals surface area contributed by atoms with Crippen LogP contribution in [0.15, 0.2) is 18.3 Å². The number of carboxylic acids is 1. The molecule has 23 heavy (non-hydrogen) atoms. The second-order valence-electron chi connectivity index (χ2n) is 6.09. The molecule has 0 radical (unpaired) electrons. The Morgan fingerprint density at radius 1 is 1.39 bits per heavy atom. The van der Waals surface area contributed by atoms with E-state index in [-0.39, 0.29) is 5.91 Å². The first kappa shape index (κ1) is 15.5. The molecule has 6 nitrogen and oxygen atoms in total. The Bertz CT molecular complexity index is 766. The van der Waals surface area contributed by atoms with E-state index in [2.05, 4.69) is 4.98 Å². The summed E-state index contributed by atoms with van der Waals surface area (Å²) in [5.41, 5.74) is 3.02. The Hall–Kier alpha value is -2.37. The highest BCUT2D eigenvalue weighted by atomic mass is 16.4. The number of aliphatic carboxylic acids is 1. The number of carboxylic acid groups (broad SMARTS) is 1. The predicted molar refractivity (Wildman–Crippen MR) is 85.6 cm³/mol. The minimum atomic E-state index is -0.933. The van der Waals surface area contributed by atoms with Crippen LogP contribution in [0.2, 0.25) is 0 Å². The number of aryl methyl sites for hydroxylation is 2. The highest BCUT2D eigenvalue weighted by Gasteiger charge is 2.36. The summed E-state index contributed by atoms with van der Waals surface area (Å²) in [6, 6.07) is 3.12. The number of carbonyl (C=O) groups excluding carboxylic acids is 1. The van der Waals surface area contributed by atoms with Crippen molar-refractivity contribution in [2.24, 2.45) is 0 Å². The van der Waals surface area contributed by atoms with E-state index in [4.69, 9.17) is 0 Å². The Balaban J connectivity index is 2.09. The van der Waals surface area contributed by atoms with E-state index >= 15 is 0 Å². The lowest BCUT2D eigenvalue weighted by atomic mass is 10.1. The van der Waals surface area contributed by atoms with E-state index in [1.54, 1.807) is 4.40 Å². The molecule has 1 atom stereocenters.